The van der Waals surface area contributed by atoms with Gasteiger partial charge in [0.1, 0.15) is 0 Å². The van der Waals surface area contributed by atoms with Gasteiger partial charge in [-0.15, -0.1) is 0 Å². The fraction of sp³-hybridized carbons (Fsp3) is 0.304. The highest BCUT2D eigenvalue weighted by molar-refractivity contribution is 5.69. The van der Waals surface area contributed by atoms with Crippen molar-refractivity contribution in [2.45, 2.75) is 25.5 Å². The van der Waals surface area contributed by atoms with Gasteiger partial charge in [0.05, 0.1) is 23.4 Å². The molecule has 0 bridgehead atoms. The van der Waals surface area contributed by atoms with Gasteiger partial charge in [0.15, 0.2) is 0 Å². The van der Waals surface area contributed by atoms with Gasteiger partial charge in [-0.2, -0.15) is 18.3 Å². The molecule has 0 radical (unpaired) electrons. The van der Waals surface area contributed by atoms with E-state index in [2.05, 4.69) is 5.10 Å². The first-order valence-electron chi connectivity index (χ1n) is 13.1. The molecule has 0 saturated carbocycles. The standard InChI is InChI=1S/C23H22F3N3O/c24-23(25,26)19-10-6-9-18(15-19)21-16-20(17-7-2-1-3-8-17)22(30)29(27-21)14-13-28-11-4-5-12-28/h1-3,6-10,15-16H,4-5,11-14H2/i4D2,5D2,11D2,12D2. The summed E-state index contributed by atoms with van der Waals surface area (Å²) in [5.41, 5.74) is -1.08. The highest BCUT2D eigenvalue weighted by Gasteiger charge is 2.30. The number of aromatic nitrogens is 2. The van der Waals surface area contributed by atoms with Gasteiger partial charge in [-0.1, -0.05) is 42.5 Å². The second-order valence-electron chi connectivity index (χ2n) is 6.54. The molecule has 0 N–H and O–H groups in total. The van der Waals surface area contributed by atoms with Crippen molar-refractivity contribution >= 4 is 0 Å². The number of hydrogen-bond acceptors (Lipinski definition) is 3. The van der Waals surface area contributed by atoms with Crippen LogP contribution in [0.4, 0.5) is 13.2 Å². The Morgan fingerprint density at radius 2 is 1.63 bits per heavy atom. The van der Waals surface area contributed by atoms with Crippen LogP contribution in [0.1, 0.15) is 29.3 Å². The van der Waals surface area contributed by atoms with E-state index in [0.29, 0.717) is 10.5 Å². The molecule has 0 atom stereocenters. The average molecular weight is 421 g/mol. The summed E-state index contributed by atoms with van der Waals surface area (Å²) in [5.74, 6) is 0. The van der Waals surface area contributed by atoms with Crippen LogP contribution in [0.5, 0.6) is 0 Å². The summed E-state index contributed by atoms with van der Waals surface area (Å²) in [6.45, 7) is -7.35. The van der Waals surface area contributed by atoms with Crippen LogP contribution >= 0.6 is 0 Å². The third-order valence-corrected chi connectivity index (χ3v) is 4.52. The van der Waals surface area contributed by atoms with E-state index >= 15 is 0 Å². The zero-order valence-electron chi connectivity index (χ0n) is 23.6. The van der Waals surface area contributed by atoms with Gasteiger partial charge in [0.25, 0.3) is 5.56 Å². The quantitative estimate of drug-likeness (QED) is 0.600. The fourth-order valence-electron chi connectivity index (χ4n) is 3.04. The molecule has 0 unspecified atom stereocenters. The van der Waals surface area contributed by atoms with Gasteiger partial charge in [0, 0.05) is 23.1 Å². The molecule has 1 fully saturated rings. The Morgan fingerprint density at radius 1 is 0.933 bits per heavy atom. The van der Waals surface area contributed by atoms with Crippen LogP contribution in [0.25, 0.3) is 22.4 Å². The molecule has 0 spiro atoms. The van der Waals surface area contributed by atoms with Gasteiger partial charge in [-0.05, 0) is 49.5 Å². The number of nitrogens with zero attached hydrogens (tertiary/aromatic N) is 3. The highest BCUT2D eigenvalue weighted by Crippen LogP contribution is 2.32. The molecule has 1 saturated heterocycles. The smallest absolute Gasteiger partial charge is 0.301 e. The Balaban J connectivity index is 1.81. The molecular formula is C23H22F3N3O. The second-order valence-corrected chi connectivity index (χ2v) is 6.54. The normalized spacial score (nSPS) is 25.6. The Kier molecular flexibility index (Phi) is 3.57. The van der Waals surface area contributed by atoms with Gasteiger partial charge in [0.2, 0.25) is 0 Å². The molecule has 156 valence electrons. The summed E-state index contributed by atoms with van der Waals surface area (Å²) < 4.78 is 105. The number of alkyl halides is 3. The van der Waals surface area contributed by atoms with Crippen LogP contribution in [0, 0.1) is 0 Å². The van der Waals surface area contributed by atoms with Crippen molar-refractivity contribution < 1.29 is 24.1 Å². The van der Waals surface area contributed by atoms with Gasteiger partial charge >= 0.3 is 6.18 Å². The number of benzene rings is 2. The third-order valence-electron chi connectivity index (χ3n) is 4.52. The lowest BCUT2D eigenvalue weighted by atomic mass is 10.0. The van der Waals surface area contributed by atoms with Gasteiger partial charge < -0.3 is 4.90 Å². The third kappa shape index (κ3) is 4.46. The SMILES string of the molecule is [2H]C1([2H])N(CCn2nc(-c3cccc(C(F)(F)F)c3)cc(-c3ccccc3)c2=O)C([2H])([2H])C([2H])([2H])C1([2H])[2H]. The molecule has 2 heterocycles. The summed E-state index contributed by atoms with van der Waals surface area (Å²) in [4.78, 5) is 13.7. The predicted octanol–water partition coefficient (Wildman–Crippen LogP) is 4.69. The molecule has 3 aromatic rings. The van der Waals surface area contributed by atoms with Crippen LogP contribution in [0.2, 0.25) is 0 Å². The lowest BCUT2D eigenvalue weighted by Gasteiger charge is -2.16. The van der Waals surface area contributed by atoms with E-state index in [9.17, 15) is 18.0 Å². The minimum Gasteiger partial charge on any atom is -0.301 e. The average Bonchev–Trinajstić information content (AvgIpc) is 2.90. The molecule has 0 amide bonds. The van der Waals surface area contributed by atoms with Crippen molar-refractivity contribution in [2.75, 3.05) is 19.5 Å². The largest absolute Gasteiger partial charge is 0.416 e. The van der Waals surface area contributed by atoms with E-state index in [-0.39, 0.29) is 16.8 Å². The van der Waals surface area contributed by atoms with Crippen LogP contribution in [-0.4, -0.2) is 34.2 Å². The first kappa shape index (κ1) is 12.7. The van der Waals surface area contributed by atoms with Gasteiger partial charge in [-0.25, -0.2) is 4.68 Å². The summed E-state index contributed by atoms with van der Waals surface area (Å²) in [7, 11) is 0. The minimum atomic E-state index is -4.63. The maximum absolute atomic E-state index is 13.3. The van der Waals surface area contributed by atoms with Crippen LogP contribution < -0.4 is 5.56 Å². The molecule has 1 aromatic heterocycles. The van der Waals surface area contributed by atoms with E-state index in [1.54, 1.807) is 30.3 Å². The lowest BCUT2D eigenvalue weighted by molar-refractivity contribution is -0.137. The molecule has 4 rings (SSSR count). The molecule has 30 heavy (non-hydrogen) atoms. The van der Waals surface area contributed by atoms with E-state index in [4.69, 9.17) is 11.0 Å². The molecular weight excluding hydrogens is 391 g/mol. The maximum Gasteiger partial charge on any atom is 0.416 e. The minimum absolute atomic E-state index is 0.00680. The fourth-order valence-corrected chi connectivity index (χ4v) is 3.04. The van der Waals surface area contributed by atoms with Crippen molar-refractivity contribution in [3.05, 3.63) is 76.6 Å². The molecule has 0 aliphatic carbocycles. The molecule has 4 nitrogen and oxygen atoms in total. The van der Waals surface area contributed by atoms with Crippen molar-refractivity contribution in [3.63, 3.8) is 0 Å². The Labute approximate surface area is 183 Å². The molecule has 1 aliphatic rings. The van der Waals surface area contributed by atoms with Crippen LogP contribution in [0.15, 0.2) is 65.5 Å². The first-order chi connectivity index (χ1) is 17.4. The molecule has 2 aromatic carbocycles. The van der Waals surface area contributed by atoms with Gasteiger partial charge in [-0.3, -0.25) is 4.79 Å². The van der Waals surface area contributed by atoms with E-state index in [1.807, 2.05) is 0 Å². The summed E-state index contributed by atoms with van der Waals surface area (Å²) in [6.07, 6.45) is -11.1. The zero-order chi connectivity index (χ0) is 28.3. The molecule has 7 heteroatoms. The summed E-state index contributed by atoms with van der Waals surface area (Å²) in [6, 6.07) is 13.9. The molecule has 1 aliphatic heterocycles. The Bertz CT molecular complexity index is 1390. The van der Waals surface area contributed by atoms with E-state index in [1.165, 1.54) is 18.2 Å². The summed E-state index contributed by atoms with van der Waals surface area (Å²) >= 11 is 0. The zero-order valence-corrected chi connectivity index (χ0v) is 15.6. The Hall–Kier alpha value is -2.93. The number of rotatable bonds is 5. The predicted molar refractivity (Wildman–Crippen MR) is 110 cm³/mol. The van der Waals surface area contributed by atoms with E-state index < -0.39 is 56.1 Å². The van der Waals surface area contributed by atoms with Crippen molar-refractivity contribution in [1.82, 2.24) is 14.7 Å². The first-order valence-corrected chi connectivity index (χ1v) is 9.06. The van der Waals surface area contributed by atoms with Crippen molar-refractivity contribution in [1.29, 1.82) is 0 Å². The van der Waals surface area contributed by atoms with Crippen molar-refractivity contribution in [3.8, 4) is 22.4 Å². The monoisotopic (exact) mass is 421 g/mol. The number of likely N-dealkylation sites (tertiary alicyclic amines) is 1. The van der Waals surface area contributed by atoms with Crippen LogP contribution in [-0.2, 0) is 12.7 Å². The summed E-state index contributed by atoms with van der Waals surface area (Å²) in [5, 5.41) is 4.16. The Morgan fingerprint density at radius 3 is 2.33 bits per heavy atom. The topological polar surface area (TPSA) is 38.1 Å². The highest BCUT2D eigenvalue weighted by atomic mass is 19.4. The van der Waals surface area contributed by atoms with Crippen molar-refractivity contribution in [2.24, 2.45) is 0 Å². The lowest BCUT2D eigenvalue weighted by Crippen LogP contribution is -2.31. The number of hydrogen-bond donors (Lipinski definition) is 0. The maximum atomic E-state index is 13.3. The van der Waals surface area contributed by atoms with E-state index in [0.717, 1.165) is 16.8 Å². The van der Waals surface area contributed by atoms with Crippen LogP contribution in [0.3, 0.4) is 0 Å². The number of halogens is 3. The second kappa shape index (κ2) is 8.44.